The maximum Gasteiger partial charge on any atom is 0.250 e. The standard InChI is InChI=1S/C30H44N6O3/c1-5-23-28-25(16-30(3,4)17-26(28)37)36(35-23)21-10-11-22(29(32)39)24(15-21)34-20-8-6-19(7-9-20)14-18(2)33-27(38)12-13-31/h10-11,15,18-20,34H,5-9,12-14,16-17,31H2,1-4H3,(H2,32,39)(H,33,38)/t18-,19?,20?/m0/s1. The zero-order chi connectivity index (χ0) is 28.3. The van der Waals surface area contributed by atoms with Gasteiger partial charge < -0.3 is 22.1 Å². The Morgan fingerprint density at radius 3 is 2.54 bits per heavy atom. The molecule has 0 aliphatic heterocycles. The van der Waals surface area contributed by atoms with Gasteiger partial charge in [0.2, 0.25) is 5.91 Å². The molecular weight excluding hydrogens is 492 g/mol. The van der Waals surface area contributed by atoms with Gasteiger partial charge in [0.05, 0.1) is 28.2 Å². The number of nitrogens with zero attached hydrogens (tertiary/aromatic N) is 2. The molecule has 6 N–H and O–H groups in total. The van der Waals surface area contributed by atoms with Crippen molar-refractivity contribution >= 4 is 23.3 Å². The lowest BCUT2D eigenvalue weighted by atomic mass is 9.75. The van der Waals surface area contributed by atoms with Crippen LogP contribution in [-0.2, 0) is 17.6 Å². The van der Waals surface area contributed by atoms with Gasteiger partial charge in [0, 0.05) is 37.2 Å². The number of carbonyl (C=O) groups is 3. The van der Waals surface area contributed by atoms with Gasteiger partial charge in [-0.15, -0.1) is 0 Å². The number of benzene rings is 1. The first-order chi connectivity index (χ1) is 18.5. The van der Waals surface area contributed by atoms with Crippen LogP contribution in [-0.4, -0.2) is 46.0 Å². The predicted octanol–water partition coefficient (Wildman–Crippen LogP) is 3.90. The van der Waals surface area contributed by atoms with Crippen molar-refractivity contribution in [2.45, 2.75) is 97.6 Å². The minimum atomic E-state index is -0.479. The summed E-state index contributed by atoms with van der Waals surface area (Å²) in [5.41, 5.74) is 15.6. The van der Waals surface area contributed by atoms with E-state index >= 15 is 0 Å². The molecule has 1 saturated carbocycles. The number of nitrogens with one attached hydrogen (secondary N) is 2. The Morgan fingerprint density at radius 2 is 1.90 bits per heavy atom. The van der Waals surface area contributed by atoms with Crippen molar-refractivity contribution in [2.24, 2.45) is 22.8 Å². The maximum atomic E-state index is 13.0. The molecular formula is C30H44N6O3. The summed E-state index contributed by atoms with van der Waals surface area (Å²) in [6, 6.07) is 5.91. The topological polar surface area (TPSA) is 145 Å². The van der Waals surface area contributed by atoms with Crippen molar-refractivity contribution in [3.05, 3.63) is 40.7 Å². The van der Waals surface area contributed by atoms with Crippen molar-refractivity contribution in [3.8, 4) is 5.69 Å². The van der Waals surface area contributed by atoms with Crippen LogP contribution in [0.25, 0.3) is 5.69 Å². The van der Waals surface area contributed by atoms with E-state index in [1.165, 1.54) is 0 Å². The zero-order valence-electron chi connectivity index (χ0n) is 23.8. The quantitative estimate of drug-likeness (QED) is 0.362. The highest BCUT2D eigenvalue weighted by atomic mass is 16.2. The smallest absolute Gasteiger partial charge is 0.250 e. The Labute approximate surface area is 231 Å². The van der Waals surface area contributed by atoms with E-state index in [1.807, 2.05) is 23.7 Å². The van der Waals surface area contributed by atoms with Crippen LogP contribution in [0.2, 0.25) is 0 Å². The minimum Gasteiger partial charge on any atom is -0.382 e. The molecule has 39 heavy (non-hydrogen) atoms. The summed E-state index contributed by atoms with van der Waals surface area (Å²) in [7, 11) is 0. The van der Waals surface area contributed by atoms with Gasteiger partial charge in [-0.2, -0.15) is 5.10 Å². The molecule has 1 aromatic carbocycles. The summed E-state index contributed by atoms with van der Waals surface area (Å²) in [4.78, 5) is 37.2. The molecule has 2 aliphatic carbocycles. The highest BCUT2D eigenvalue weighted by Crippen LogP contribution is 2.38. The SMILES string of the molecule is CCc1nn(-c2ccc(C(N)=O)c(NC3CCC(C[C@H](C)NC(=O)CCN)CC3)c2)c2c1C(=O)CC(C)(C)C2. The van der Waals surface area contributed by atoms with Gasteiger partial charge in [-0.1, -0.05) is 20.8 Å². The Hall–Kier alpha value is -3.20. The second kappa shape index (κ2) is 11.9. The molecule has 0 bridgehead atoms. The van der Waals surface area contributed by atoms with Gasteiger partial charge in [0.15, 0.2) is 5.78 Å². The fourth-order valence-electron chi connectivity index (χ4n) is 6.29. The lowest BCUT2D eigenvalue weighted by Crippen LogP contribution is -2.36. The molecule has 0 spiro atoms. The Kier molecular flexibility index (Phi) is 8.79. The Bertz CT molecular complexity index is 1230. The highest BCUT2D eigenvalue weighted by molar-refractivity contribution is 6.00. The third-order valence-electron chi connectivity index (χ3n) is 8.14. The first kappa shape index (κ1) is 28.8. The van der Waals surface area contributed by atoms with Gasteiger partial charge >= 0.3 is 0 Å². The van der Waals surface area contributed by atoms with E-state index in [4.69, 9.17) is 16.6 Å². The fraction of sp³-hybridized carbons (Fsp3) is 0.600. The Balaban J connectivity index is 1.50. The van der Waals surface area contributed by atoms with Gasteiger partial charge in [0.1, 0.15) is 0 Å². The third-order valence-corrected chi connectivity index (χ3v) is 8.14. The second-order valence-corrected chi connectivity index (χ2v) is 12.2. The number of Topliss-reactive ketones (excluding diaryl/α,β-unsaturated/α-hetero) is 1. The number of hydrogen-bond donors (Lipinski definition) is 4. The number of rotatable bonds is 10. The van der Waals surface area contributed by atoms with Gasteiger partial charge in [-0.25, -0.2) is 4.68 Å². The van der Waals surface area contributed by atoms with Crippen LogP contribution < -0.4 is 22.1 Å². The molecule has 9 nitrogen and oxygen atoms in total. The van der Waals surface area contributed by atoms with E-state index in [9.17, 15) is 14.4 Å². The van der Waals surface area contributed by atoms with Crippen molar-refractivity contribution in [3.63, 3.8) is 0 Å². The monoisotopic (exact) mass is 536 g/mol. The molecule has 0 saturated heterocycles. The normalized spacial score (nSPS) is 21.2. The minimum absolute atomic E-state index is 0.0108. The molecule has 1 atom stereocenters. The van der Waals surface area contributed by atoms with E-state index in [2.05, 4.69) is 31.4 Å². The number of nitrogens with two attached hydrogens (primary N) is 2. The lowest BCUT2D eigenvalue weighted by molar-refractivity contribution is -0.121. The van der Waals surface area contributed by atoms with Crippen LogP contribution in [0.3, 0.4) is 0 Å². The number of ketones is 1. The van der Waals surface area contributed by atoms with Crippen molar-refractivity contribution in [1.82, 2.24) is 15.1 Å². The zero-order valence-corrected chi connectivity index (χ0v) is 23.8. The first-order valence-electron chi connectivity index (χ1n) is 14.4. The average molecular weight is 537 g/mol. The molecule has 0 radical (unpaired) electrons. The predicted molar refractivity (Wildman–Crippen MR) is 153 cm³/mol. The number of amides is 2. The van der Waals surface area contributed by atoms with Crippen molar-refractivity contribution in [1.29, 1.82) is 0 Å². The van der Waals surface area contributed by atoms with E-state index < -0.39 is 5.91 Å². The highest BCUT2D eigenvalue weighted by Gasteiger charge is 2.36. The van der Waals surface area contributed by atoms with Crippen LogP contribution in [0.5, 0.6) is 0 Å². The summed E-state index contributed by atoms with van der Waals surface area (Å²) in [5.74, 6) is 0.230. The number of aromatic nitrogens is 2. The number of anilines is 1. The van der Waals surface area contributed by atoms with Crippen LogP contribution in [0.1, 0.15) is 105 Å². The number of primary amides is 1. The molecule has 0 unspecified atom stereocenters. The molecule has 2 amide bonds. The van der Waals surface area contributed by atoms with Crippen LogP contribution >= 0.6 is 0 Å². The molecule has 1 aromatic heterocycles. The maximum absolute atomic E-state index is 13.0. The second-order valence-electron chi connectivity index (χ2n) is 12.2. The Morgan fingerprint density at radius 1 is 1.18 bits per heavy atom. The molecule has 212 valence electrons. The molecule has 9 heteroatoms. The third kappa shape index (κ3) is 6.69. The number of carbonyl (C=O) groups excluding carboxylic acids is 3. The fourth-order valence-corrected chi connectivity index (χ4v) is 6.29. The number of hydrogen-bond acceptors (Lipinski definition) is 6. The summed E-state index contributed by atoms with van der Waals surface area (Å²) in [6.07, 6.45) is 7.30. The summed E-state index contributed by atoms with van der Waals surface area (Å²) in [5, 5.41) is 11.5. The average Bonchev–Trinajstić information content (AvgIpc) is 3.22. The van der Waals surface area contributed by atoms with E-state index in [-0.39, 0.29) is 29.2 Å². The van der Waals surface area contributed by atoms with E-state index in [0.717, 1.165) is 61.2 Å². The molecule has 4 rings (SSSR count). The number of fused-ring (bicyclic) bond motifs is 1. The van der Waals surface area contributed by atoms with Crippen LogP contribution in [0.15, 0.2) is 18.2 Å². The molecule has 1 heterocycles. The number of aryl methyl sites for hydroxylation is 1. The molecule has 2 aromatic rings. The van der Waals surface area contributed by atoms with Crippen LogP contribution in [0.4, 0.5) is 5.69 Å². The van der Waals surface area contributed by atoms with Gasteiger partial charge in [-0.05, 0) is 81.4 Å². The van der Waals surface area contributed by atoms with Crippen molar-refractivity contribution in [2.75, 3.05) is 11.9 Å². The largest absolute Gasteiger partial charge is 0.382 e. The summed E-state index contributed by atoms with van der Waals surface area (Å²) >= 11 is 0. The summed E-state index contributed by atoms with van der Waals surface area (Å²) < 4.78 is 1.89. The van der Waals surface area contributed by atoms with E-state index in [0.29, 0.717) is 43.0 Å². The van der Waals surface area contributed by atoms with Gasteiger partial charge in [0.25, 0.3) is 5.91 Å². The van der Waals surface area contributed by atoms with Gasteiger partial charge in [-0.3, -0.25) is 14.4 Å². The summed E-state index contributed by atoms with van der Waals surface area (Å²) in [6.45, 7) is 8.67. The first-order valence-corrected chi connectivity index (χ1v) is 14.4. The van der Waals surface area contributed by atoms with Crippen molar-refractivity contribution < 1.29 is 14.4 Å². The molecule has 2 aliphatic rings. The van der Waals surface area contributed by atoms with E-state index in [1.54, 1.807) is 6.07 Å². The lowest BCUT2D eigenvalue weighted by Gasteiger charge is -2.32. The van der Waals surface area contributed by atoms with Crippen LogP contribution in [0, 0.1) is 11.3 Å². The molecule has 1 fully saturated rings.